The zero-order valence-corrected chi connectivity index (χ0v) is 12.1. The van der Waals surface area contributed by atoms with Gasteiger partial charge in [-0.05, 0) is 24.3 Å². The third-order valence-electron chi connectivity index (χ3n) is 2.64. The average molecular weight is 339 g/mol. The Morgan fingerprint density at radius 1 is 1.21 bits per heavy atom. The summed E-state index contributed by atoms with van der Waals surface area (Å²) in [5.74, 6) is 1.36. The fraction of sp³-hybridized carbons (Fsp3) is 0.0769. The van der Waals surface area contributed by atoms with Gasteiger partial charge in [-0.25, -0.2) is 0 Å². The van der Waals surface area contributed by atoms with Crippen molar-refractivity contribution in [3.8, 4) is 5.75 Å². The maximum Gasteiger partial charge on any atom is 0.175 e. The number of pyridine rings is 1. The Kier molecular flexibility index (Phi) is 3.40. The van der Waals surface area contributed by atoms with Crippen molar-refractivity contribution >= 4 is 33.2 Å². The number of hydrogen-bond acceptors (Lipinski definition) is 3. The molecule has 0 unspecified atom stereocenters. The quantitative estimate of drug-likeness (QED) is 0.730. The van der Waals surface area contributed by atoms with Gasteiger partial charge in [-0.2, -0.15) is 0 Å². The summed E-state index contributed by atoms with van der Waals surface area (Å²) in [6.07, 6.45) is 1.89. The molecule has 6 heteroatoms. The van der Waals surface area contributed by atoms with Gasteiger partial charge in [0.2, 0.25) is 0 Å². The van der Waals surface area contributed by atoms with Crippen molar-refractivity contribution in [3.05, 3.63) is 57.9 Å². The van der Waals surface area contributed by atoms with Crippen LogP contribution in [0.15, 0.2) is 47.1 Å². The van der Waals surface area contributed by atoms with Gasteiger partial charge in [0.05, 0.1) is 5.02 Å². The van der Waals surface area contributed by atoms with E-state index in [1.165, 1.54) is 0 Å². The monoisotopic (exact) mass is 337 g/mol. The van der Waals surface area contributed by atoms with Crippen LogP contribution in [0, 0.1) is 0 Å². The van der Waals surface area contributed by atoms with Crippen LogP contribution in [0.25, 0.3) is 5.65 Å². The Morgan fingerprint density at radius 3 is 2.89 bits per heavy atom. The lowest BCUT2D eigenvalue weighted by atomic mass is 10.3. The van der Waals surface area contributed by atoms with Crippen molar-refractivity contribution in [2.24, 2.45) is 0 Å². The van der Waals surface area contributed by atoms with Gasteiger partial charge in [-0.15, -0.1) is 10.2 Å². The summed E-state index contributed by atoms with van der Waals surface area (Å²) in [6, 6.07) is 11.2. The van der Waals surface area contributed by atoms with Crippen LogP contribution in [0.1, 0.15) is 5.82 Å². The molecule has 0 radical (unpaired) electrons. The molecule has 2 aromatic heterocycles. The van der Waals surface area contributed by atoms with Crippen molar-refractivity contribution < 1.29 is 4.74 Å². The molecular formula is C13H9BrClN3O. The van der Waals surface area contributed by atoms with E-state index in [0.717, 1.165) is 15.9 Å². The van der Waals surface area contributed by atoms with Crippen LogP contribution in [0.3, 0.4) is 0 Å². The van der Waals surface area contributed by atoms with E-state index in [1.54, 1.807) is 6.07 Å². The summed E-state index contributed by atoms with van der Waals surface area (Å²) in [5, 5.41) is 8.77. The van der Waals surface area contributed by atoms with Crippen molar-refractivity contribution in [2.75, 3.05) is 0 Å². The van der Waals surface area contributed by atoms with Crippen LogP contribution >= 0.6 is 27.5 Å². The summed E-state index contributed by atoms with van der Waals surface area (Å²) in [5.41, 5.74) is 0.770. The number of aromatic nitrogens is 3. The summed E-state index contributed by atoms with van der Waals surface area (Å²) >= 11 is 9.43. The molecular weight excluding hydrogens is 330 g/mol. The summed E-state index contributed by atoms with van der Waals surface area (Å²) in [4.78, 5) is 0. The van der Waals surface area contributed by atoms with E-state index in [0.29, 0.717) is 17.4 Å². The van der Waals surface area contributed by atoms with E-state index in [9.17, 15) is 0 Å². The number of benzene rings is 1. The van der Waals surface area contributed by atoms with E-state index in [2.05, 4.69) is 26.1 Å². The molecule has 0 aliphatic carbocycles. The van der Waals surface area contributed by atoms with Crippen molar-refractivity contribution in [1.82, 2.24) is 14.6 Å². The fourth-order valence-corrected chi connectivity index (χ4v) is 2.23. The van der Waals surface area contributed by atoms with Gasteiger partial charge in [0, 0.05) is 10.7 Å². The molecule has 0 saturated heterocycles. The van der Waals surface area contributed by atoms with E-state index >= 15 is 0 Å². The zero-order chi connectivity index (χ0) is 13.2. The third-order valence-corrected chi connectivity index (χ3v) is 3.44. The van der Waals surface area contributed by atoms with Crippen molar-refractivity contribution in [3.63, 3.8) is 0 Å². The van der Waals surface area contributed by atoms with Crippen LogP contribution in [0.5, 0.6) is 5.75 Å². The number of rotatable bonds is 3. The van der Waals surface area contributed by atoms with E-state index in [1.807, 2.05) is 40.9 Å². The van der Waals surface area contributed by atoms with Crippen LogP contribution in [-0.2, 0) is 6.61 Å². The number of ether oxygens (including phenoxy) is 1. The molecule has 0 N–H and O–H groups in total. The molecule has 0 aliphatic heterocycles. The van der Waals surface area contributed by atoms with E-state index < -0.39 is 0 Å². The Morgan fingerprint density at radius 2 is 2.05 bits per heavy atom. The summed E-state index contributed by atoms with van der Waals surface area (Å²) in [7, 11) is 0. The third kappa shape index (κ3) is 2.57. The molecule has 0 saturated carbocycles. The maximum absolute atomic E-state index is 6.03. The van der Waals surface area contributed by atoms with Gasteiger partial charge in [0.25, 0.3) is 0 Å². The molecule has 2 heterocycles. The molecule has 0 amide bonds. The van der Waals surface area contributed by atoms with Crippen LogP contribution in [-0.4, -0.2) is 14.6 Å². The first kappa shape index (κ1) is 12.4. The van der Waals surface area contributed by atoms with Gasteiger partial charge in [0.1, 0.15) is 12.4 Å². The van der Waals surface area contributed by atoms with Gasteiger partial charge in [-0.1, -0.05) is 39.7 Å². The predicted octanol–water partition coefficient (Wildman–Crippen LogP) is 3.72. The highest BCUT2D eigenvalue weighted by atomic mass is 79.9. The Labute approximate surface area is 123 Å². The second kappa shape index (κ2) is 5.19. The second-order valence-corrected chi connectivity index (χ2v) is 5.23. The summed E-state index contributed by atoms with van der Waals surface area (Å²) < 4.78 is 8.49. The second-order valence-electron chi connectivity index (χ2n) is 3.91. The Hall–Kier alpha value is -1.59. The molecule has 1 aromatic carbocycles. The first-order valence-corrected chi connectivity index (χ1v) is 6.77. The van der Waals surface area contributed by atoms with Crippen molar-refractivity contribution in [2.45, 2.75) is 6.61 Å². The lowest BCUT2D eigenvalue weighted by molar-refractivity contribution is 0.294. The highest BCUT2D eigenvalue weighted by Crippen LogP contribution is 2.24. The highest BCUT2D eigenvalue weighted by molar-refractivity contribution is 9.10. The standard InChI is InChI=1S/C13H9BrClN3O/c14-9-5-6-18-12(7-9)16-17-13(18)8-19-11-4-2-1-3-10(11)15/h1-7H,8H2. The molecule has 96 valence electrons. The van der Waals surface area contributed by atoms with Gasteiger partial charge >= 0.3 is 0 Å². The lowest BCUT2D eigenvalue weighted by Crippen LogP contribution is -2.01. The Balaban J connectivity index is 1.84. The van der Waals surface area contributed by atoms with E-state index in [4.69, 9.17) is 16.3 Å². The minimum atomic E-state index is 0.312. The lowest BCUT2D eigenvalue weighted by Gasteiger charge is -2.06. The SMILES string of the molecule is Clc1ccccc1OCc1nnc2cc(Br)ccn12. The first-order chi connectivity index (χ1) is 9.24. The fourth-order valence-electron chi connectivity index (χ4n) is 1.72. The molecule has 3 aromatic rings. The number of para-hydroxylation sites is 1. The molecule has 0 atom stereocenters. The normalized spacial score (nSPS) is 10.8. The molecule has 0 fully saturated rings. The van der Waals surface area contributed by atoms with Gasteiger partial charge in [0.15, 0.2) is 11.5 Å². The number of halogens is 2. The minimum absolute atomic E-state index is 0.312. The minimum Gasteiger partial charge on any atom is -0.484 e. The number of nitrogens with zero attached hydrogens (tertiary/aromatic N) is 3. The molecule has 3 rings (SSSR count). The largest absolute Gasteiger partial charge is 0.484 e. The number of fused-ring (bicyclic) bond motifs is 1. The number of hydrogen-bond donors (Lipinski definition) is 0. The zero-order valence-electron chi connectivity index (χ0n) is 9.75. The average Bonchev–Trinajstić information content (AvgIpc) is 2.80. The topological polar surface area (TPSA) is 39.4 Å². The Bertz CT molecular complexity index is 729. The van der Waals surface area contributed by atoms with Gasteiger partial charge < -0.3 is 4.74 Å². The first-order valence-electron chi connectivity index (χ1n) is 5.60. The highest BCUT2D eigenvalue weighted by Gasteiger charge is 2.07. The van der Waals surface area contributed by atoms with Crippen molar-refractivity contribution in [1.29, 1.82) is 0 Å². The predicted molar refractivity (Wildman–Crippen MR) is 76.5 cm³/mol. The molecule has 0 bridgehead atoms. The summed E-state index contributed by atoms with van der Waals surface area (Å²) in [6.45, 7) is 0.312. The molecule has 4 nitrogen and oxygen atoms in total. The molecule has 0 aliphatic rings. The maximum atomic E-state index is 6.03. The van der Waals surface area contributed by atoms with Crippen LogP contribution in [0.4, 0.5) is 0 Å². The van der Waals surface area contributed by atoms with E-state index in [-0.39, 0.29) is 0 Å². The molecule has 0 spiro atoms. The van der Waals surface area contributed by atoms with Gasteiger partial charge in [-0.3, -0.25) is 4.40 Å². The smallest absolute Gasteiger partial charge is 0.175 e. The molecule has 19 heavy (non-hydrogen) atoms. The van der Waals surface area contributed by atoms with Crippen LogP contribution < -0.4 is 4.74 Å². The van der Waals surface area contributed by atoms with Crippen LogP contribution in [0.2, 0.25) is 5.02 Å².